The molecule has 7 heteroatoms. The van der Waals surface area contributed by atoms with Gasteiger partial charge in [0.25, 0.3) is 10.0 Å². The molecule has 1 N–H and O–H groups in total. The second kappa shape index (κ2) is 6.68. The largest absolute Gasteiger partial charge is 0.320 e. The van der Waals surface area contributed by atoms with E-state index in [1.54, 1.807) is 16.4 Å². The summed E-state index contributed by atoms with van der Waals surface area (Å²) in [6, 6.07) is 5.17. The number of nitrogens with one attached hydrogen (secondary N) is 1. The van der Waals surface area contributed by atoms with Gasteiger partial charge in [0.05, 0.1) is 0 Å². The van der Waals surface area contributed by atoms with Crippen LogP contribution in [0.2, 0.25) is 0 Å². The maximum absolute atomic E-state index is 12.7. The van der Waals surface area contributed by atoms with Gasteiger partial charge >= 0.3 is 0 Å². The number of thiophene rings is 1. The average Bonchev–Trinajstić information content (AvgIpc) is 2.95. The molecule has 1 fully saturated rings. The molecular weight excluding hydrogens is 294 g/mol. The molecule has 0 spiro atoms. The fourth-order valence-electron chi connectivity index (χ4n) is 2.52. The predicted octanol–water partition coefficient (Wildman–Crippen LogP) is 1.77. The van der Waals surface area contributed by atoms with Crippen molar-refractivity contribution in [1.82, 2.24) is 9.62 Å². The molecule has 0 aliphatic carbocycles. The highest BCUT2D eigenvalue weighted by atomic mass is 32.2. The van der Waals surface area contributed by atoms with Gasteiger partial charge in [-0.15, -0.1) is 11.3 Å². The lowest BCUT2D eigenvalue weighted by molar-refractivity contribution is 0.241. The molecule has 0 saturated carbocycles. The Bertz CT molecular complexity index is 589. The summed E-state index contributed by atoms with van der Waals surface area (Å²) in [5.74, 6) is 0. The maximum atomic E-state index is 12.7. The van der Waals surface area contributed by atoms with Crippen LogP contribution in [0, 0.1) is 11.3 Å². The lowest BCUT2D eigenvalue weighted by atomic mass is 10.0. The Balaban J connectivity index is 2.23. The molecule has 0 aromatic carbocycles. The topological polar surface area (TPSA) is 73.2 Å². The fourth-order valence-corrected chi connectivity index (χ4v) is 5.48. The van der Waals surface area contributed by atoms with E-state index in [1.165, 1.54) is 0 Å². The molecule has 0 bridgehead atoms. The van der Waals surface area contributed by atoms with Crippen LogP contribution in [-0.4, -0.2) is 38.9 Å². The Hall–Kier alpha value is -0.940. The minimum Gasteiger partial charge on any atom is -0.320 e. The third-order valence-electron chi connectivity index (χ3n) is 3.56. The quantitative estimate of drug-likeness (QED) is 0.899. The first-order valence-electron chi connectivity index (χ1n) is 6.76. The van der Waals surface area contributed by atoms with Crippen molar-refractivity contribution in [2.75, 3.05) is 20.1 Å². The van der Waals surface area contributed by atoms with Gasteiger partial charge in [0.1, 0.15) is 15.2 Å². The molecule has 110 valence electrons. The number of rotatable bonds is 5. The molecule has 1 aliphatic heterocycles. The van der Waals surface area contributed by atoms with E-state index in [0.717, 1.165) is 43.6 Å². The molecule has 1 saturated heterocycles. The molecule has 1 aromatic rings. The lowest BCUT2D eigenvalue weighted by Crippen LogP contribution is -2.44. The highest BCUT2D eigenvalue weighted by molar-refractivity contribution is 7.91. The Morgan fingerprint density at radius 3 is 2.95 bits per heavy atom. The molecule has 20 heavy (non-hydrogen) atoms. The third-order valence-corrected chi connectivity index (χ3v) is 6.96. The van der Waals surface area contributed by atoms with Crippen molar-refractivity contribution in [3.05, 3.63) is 17.0 Å². The van der Waals surface area contributed by atoms with Crippen molar-refractivity contribution in [1.29, 1.82) is 5.26 Å². The van der Waals surface area contributed by atoms with Gasteiger partial charge in [-0.25, -0.2) is 8.42 Å². The molecule has 5 nitrogen and oxygen atoms in total. The van der Waals surface area contributed by atoms with Gasteiger partial charge in [0.15, 0.2) is 0 Å². The predicted molar refractivity (Wildman–Crippen MR) is 79.1 cm³/mol. The number of hydrogen-bond acceptors (Lipinski definition) is 5. The van der Waals surface area contributed by atoms with Crippen molar-refractivity contribution < 1.29 is 8.42 Å². The lowest BCUT2D eigenvalue weighted by Gasteiger charge is -2.34. The molecule has 2 rings (SSSR count). The number of sulfonamides is 1. The van der Waals surface area contributed by atoms with Gasteiger partial charge in [-0.05, 0) is 45.0 Å². The molecule has 2 heterocycles. The first-order valence-corrected chi connectivity index (χ1v) is 9.01. The van der Waals surface area contributed by atoms with E-state index in [4.69, 9.17) is 5.26 Å². The number of nitrogens with zero attached hydrogens (tertiary/aromatic N) is 2. The van der Waals surface area contributed by atoms with Crippen molar-refractivity contribution in [2.45, 2.75) is 35.9 Å². The van der Waals surface area contributed by atoms with Gasteiger partial charge in [0, 0.05) is 12.6 Å². The second-order valence-electron chi connectivity index (χ2n) is 4.89. The standard InChI is InChI=1S/C13H19N3O2S2/c1-15-8-7-11-4-2-3-9-16(11)20(17,18)13-6-5-12(10-14)19-13/h5-6,11,15H,2-4,7-9H2,1H3. The summed E-state index contributed by atoms with van der Waals surface area (Å²) in [6.07, 6.45) is 3.73. The maximum Gasteiger partial charge on any atom is 0.252 e. The van der Waals surface area contributed by atoms with Gasteiger partial charge in [-0.3, -0.25) is 0 Å². The minimum atomic E-state index is -3.46. The van der Waals surface area contributed by atoms with Crippen LogP contribution in [0.5, 0.6) is 0 Å². The van der Waals surface area contributed by atoms with Crippen molar-refractivity contribution in [3.8, 4) is 6.07 Å². The molecule has 1 atom stereocenters. The first-order chi connectivity index (χ1) is 9.59. The van der Waals surface area contributed by atoms with Gasteiger partial charge < -0.3 is 5.32 Å². The van der Waals surface area contributed by atoms with Gasteiger partial charge in [0.2, 0.25) is 0 Å². The fraction of sp³-hybridized carbons (Fsp3) is 0.615. The summed E-state index contributed by atoms with van der Waals surface area (Å²) >= 11 is 1.05. The van der Waals surface area contributed by atoms with E-state index < -0.39 is 10.0 Å². The van der Waals surface area contributed by atoms with Crippen LogP contribution < -0.4 is 5.32 Å². The number of piperidine rings is 1. The van der Waals surface area contributed by atoms with Crippen LogP contribution >= 0.6 is 11.3 Å². The van der Waals surface area contributed by atoms with E-state index in [0.29, 0.717) is 11.4 Å². The van der Waals surface area contributed by atoms with Crippen molar-refractivity contribution in [3.63, 3.8) is 0 Å². The van der Waals surface area contributed by atoms with Crippen molar-refractivity contribution in [2.24, 2.45) is 0 Å². The zero-order valence-corrected chi connectivity index (χ0v) is 13.1. The van der Waals surface area contributed by atoms with E-state index in [-0.39, 0.29) is 10.3 Å². The van der Waals surface area contributed by atoms with E-state index in [1.807, 2.05) is 13.1 Å². The summed E-state index contributed by atoms with van der Waals surface area (Å²) in [5, 5.41) is 11.9. The number of hydrogen-bond donors (Lipinski definition) is 1. The van der Waals surface area contributed by atoms with Crippen LogP contribution in [0.1, 0.15) is 30.6 Å². The van der Waals surface area contributed by atoms with Crippen molar-refractivity contribution >= 4 is 21.4 Å². The summed E-state index contributed by atoms with van der Waals surface area (Å²) in [4.78, 5) is 0.437. The number of nitriles is 1. The molecular formula is C13H19N3O2S2. The van der Waals surface area contributed by atoms with Crippen LogP contribution in [0.15, 0.2) is 16.3 Å². The zero-order chi connectivity index (χ0) is 14.6. The molecule has 0 amide bonds. The third kappa shape index (κ3) is 3.20. The Morgan fingerprint density at radius 2 is 2.30 bits per heavy atom. The molecule has 1 aliphatic rings. The Kier molecular flexibility index (Phi) is 5.16. The highest BCUT2D eigenvalue weighted by Crippen LogP contribution is 2.30. The zero-order valence-electron chi connectivity index (χ0n) is 11.5. The minimum absolute atomic E-state index is 0.0637. The van der Waals surface area contributed by atoms with Crippen LogP contribution in [0.25, 0.3) is 0 Å². The second-order valence-corrected chi connectivity index (χ2v) is 8.09. The summed E-state index contributed by atoms with van der Waals surface area (Å²) in [7, 11) is -1.58. The average molecular weight is 313 g/mol. The SMILES string of the molecule is CNCCC1CCCCN1S(=O)(=O)c1ccc(C#N)s1. The monoisotopic (exact) mass is 313 g/mol. The van der Waals surface area contributed by atoms with Crippen LogP contribution in [0.3, 0.4) is 0 Å². The summed E-state index contributed by atoms with van der Waals surface area (Å²) in [5.41, 5.74) is 0. The summed E-state index contributed by atoms with van der Waals surface area (Å²) in [6.45, 7) is 1.39. The Labute approximate surface area is 124 Å². The van der Waals surface area contributed by atoms with Crippen LogP contribution in [0.4, 0.5) is 0 Å². The highest BCUT2D eigenvalue weighted by Gasteiger charge is 2.33. The van der Waals surface area contributed by atoms with E-state index >= 15 is 0 Å². The molecule has 1 aromatic heterocycles. The van der Waals surface area contributed by atoms with Gasteiger partial charge in [-0.2, -0.15) is 9.57 Å². The van der Waals surface area contributed by atoms with E-state index in [2.05, 4.69) is 5.32 Å². The van der Waals surface area contributed by atoms with Gasteiger partial charge in [-0.1, -0.05) is 6.42 Å². The first kappa shape index (κ1) is 15.4. The summed E-state index contributed by atoms with van der Waals surface area (Å²) < 4.78 is 27.3. The van der Waals surface area contributed by atoms with E-state index in [9.17, 15) is 8.42 Å². The Morgan fingerprint density at radius 1 is 1.50 bits per heavy atom. The van der Waals surface area contributed by atoms with Crippen LogP contribution in [-0.2, 0) is 10.0 Å². The normalized spacial score (nSPS) is 20.7. The molecule has 0 radical (unpaired) electrons. The smallest absolute Gasteiger partial charge is 0.252 e. The molecule has 1 unspecified atom stereocenters.